The van der Waals surface area contributed by atoms with Gasteiger partial charge >= 0.3 is 5.69 Å². The maximum Gasteiger partial charge on any atom is 0.343 e. The second kappa shape index (κ2) is 6.32. The van der Waals surface area contributed by atoms with Crippen molar-refractivity contribution in [3.05, 3.63) is 46.5 Å². The third-order valence-corrected chi connectivity index (χ3v) is 6.15. The van der Waals surface area contributed by atoms with Gasteiger partial charge in [0.2, 0.25) is 0 Å². The first-order chi connectivity index (χ1) is 13.6. The Hall–Kier alpha value is -2.90. The Balaban J connectivity index is 1.59. The van der Waals surface area contributed by atoms with E-state index in [9.17, 15) is 9.59 Å². The van der Waals surface area contributed by atoms with E-state index in [1.165, 1.54) is 12.8 Å². The molecule has 28 heavy (non-hydrogen) atoms. The number of nitrogens with one attached hydrogen (secondary N) is 2. The van der Waals surface area contributed by atoms with Crippen LogP contribution < -0.4 is 5.69 Å². The van der Waals surface area contributed by atoms with Crippen molar-refractivity contribution in [2.75, 3.05) is 6.54 Å². The highest BCUT2D eigenvalue weighted by Gasteiger charge is 2.48. The molecule has 1 saturated carbocycles. The van der Waals surface area contributed by atoms with E-state index in [2.05, 4.69) is 20.2 Å². The zero-order valence-electron chi connectivity index (χ0n) is 16.1. The zero-order valence-corrected chi connectivity index (χ0v) is 16.1. The Morgan fingerprint density at radius 3 is 2.82 bits per heavy atom. The minimum Gasteiger partial charge on any atom is -0.360 e. The molecule has 0 aromatic carbocycles. The van der Waals surface area contributed by atoms with Crippen LogP contribution >= 0.6 is 0 Å². The lowest BCUT2D eigenvalue weighted by molar-refractivity contribution is 0.0701. The third-order valence-electron chi connectivity index (χ3n) is 6.15. The zero-order chi connectivity index (χ0) is 19.4. The van der Waals surface area contributed by atoms with Crippen molar-refractivity contribution in [3.8, 4) is 0 Å². The summed E-state index contributed by atoms with van der Waals surface area (Å²) < 4.78 is 1.70. The van der Waals surface area contributed by atoms with E-state index < -0.39 is 0 Å². The molecular weight excluding hydrogens is 356 g/mol. The minimum atomic E-state index is -0.215. The van der Waals surface area contributed by atoms with Crippen LogP contribution in [-0.4, -0.2) is 42.1 Å². The van der Waals surface area contributed by atoms with Gasteiger partial charge in [-0.15, -0.1) is 0 Å². The topological polar surface area (TPSA) is 99.7 Å². The fourth-order valence-electron chi connectivity index (χ4n) is 4.72. The molecule has 2 N–H and O–H groups in total. The standard InChI is InChI=1S/C20H24N6O2/c1-11(2)26-18(23-24-20(26)28)17-13(12-3-4-12)6-8-25(17)19(27)15-9-21-10-16-14(15)5-7-22-16/h5,7,9-13,17,22H,3-4,6,8H2,1-2H3,(H,24,28). The number of carbonyl (C=O) groups excluding carboxylic acids is 1. The Labute approximate surface area is 162 Å². The average molecular weight is 380 g/mol. The normalized spacial score (nSPS) is 22.5. The van der Waals surface area contributed by atoms with E-state index in [4.69, 9.17) is 0 Å². The summed E-state index contributed by atoms with van der Waals surface area (Å²) >= 11 is 0. The summed E-state index contributed by atoms with van der Waals surface area (Å²) in [5, 5.41) is 7.84. The molecule has 1 amide bonds. The van der Waals surface area contributed by atoms with Gasteiger partial charge in [0.15, 0.2) is 5.82 Å². The molecule has 2 atom stereocenters. The molecule has 2 fully saturated rings. The quantitative estimate of drug-likeness (QED) is 0.727. The number of carbonyl (C=O) groups is 1. The second-order valence-electron chi connectivity index (χ2n) is 8.21. The van der Waals surface area contributed by atoms with Gasteiger partial charge in [-0.25, -0.2) is 9.89 Å². The van der Waals surface area contributed by atoms with Crippen LogP contribution in [-0.2, 0) is 0 Å². The van der Waals surface area contributed by atoms with Crippen molar-refractivity contribution in [2.24, 2.45) is 11.8 Å². The number of rotatable bonds is 4. The SMILES string of the molecule is CC(C)n1c(C2C(C3CC3)CCN2C(=O)c2cncc3[nH]ccc23)n[nH]c1=O. The molecule has 3 aromatic rings. The number of fused-ring (bicyclic) bond motifs is 1. The van der Waals surface area contributed by atoms with Crippen LogP contribution in [0.3, 0.4) is 0 Å². The van der Waals surface area contributed by atoms with Crippen molar-refractivity contribution < 1.29 is 4.79 Å². The monoisotopic (exact) mass is 380 g/mol. The molecule has 146 valence electrons. The van der Waals surface area contributed by atoms with Crippen LogP contribution in [0.2, 0.25) is 0 Å². The maximum absolute atomic E-state index is 13.6. The molecule has 4 heterocycles. The molecule has 1 aliphatic carbocycles. The van der Waals surface area contributed by atoms with E-state index >= 15 is 0 Å². The Morgan fingerprint density at radius 2 is 2.07 bits per heavy atom. The summed E-state index contributed by atoms with van der Waals surface area (Å²) in [5.41, 5.74) is 1.22. The third kappa shape index (κ3) is 2.58. The number of aromatic nitrogens is 5. The molecule has 8 heteroatoms. The van der Waals surface area contributed by atoms with Gasteiger partial charge in [0.1, 0.15) is 0 Å². The second-order valence-corrected chi connectivity index (χ2v) is 8.21. The molecule has 2 aliphatic rings. The van der Waals surface area contributed by atoms with Crippen molar-refractivity contribution in [1.82, 2.24) is 29.6 Å². The van der Waals surface area contributed by atoms with Gasteiger partial charge in [0.05, 0.1) is 23.3 Å². The number of H-pyrrole nitrogens is 2. The van der Waals surface area contributed by atoms with E-state index in [0.29, 0.717) is 29.8 Å². The van der Waals surface area contributed by atoms with E-state index in [1.807, 2.05) is 31.0 Å². The van der Waals surface area contributed by atoms with Crippen LogP contribution in [0.5, 0.6) is 0 Å². The molecule has 0 bridgehead atoms. The van der Waals surface area contributed by atoms with Gasteiger partial charge in [-0.05, 0) is 51.0 Å². The van der Waals surface area contributed by atoms with Gasteiger partial charge in [-0.1, -0.05) is 0 Å². The van der Waals surface area contributed by atoms with Gasteiger partial charge in [-0.3, -0.25) is 14.3 Å². The number of amides is 1. The van der Waals surface area contributed by atoms with Gasteiger partial charge in [0.25, 0.3) is 5.91 Å². The number of hydrogen-bond acceptors (Lipinski definition) is 4. The van der Waals surface area contributed by atoms with Crippen LogP contribution in [0.4, 0.5) is 0 Å². The Morgan fingerprint density at radius 1 is 1.25 bits per heavy atom. The fourth-order valence-corrected chi connectivity index (χ4v) is 4.72. The summed E-state index contributed by atoms with van der Waals surface area (Å²) in [4.78, 5) is 35.2. The Kier molecular flexibility index (Phi) is 3.89. The fraction of sp³-hybridized carbons (Fsp3) is 0.500. The van der Waals surface area contributed by atoms with Crippen LogP contribution in [0.15, 0.2) is 29.5 Å². The van der Waals surface area contributed by atoms with Gasteiger partial charge in [0, 0.05) is 30.4 Å². The van der Waals surface area contributed by atoms with Gasteiger partial charge < -0.3 is 9.88 Å². The van der Waals surface area contributed by atoms with Crippen molar-refractivity contribution in [3.63, 3.8) is 0 Å². The van der Waals surface area contributed by atoms with E-state index in [0.717, 1.165) is 17.3 Å². The van der Waals surface area contributed by atoms with Crippen molar-refractivity contribution in [2.45, 2.75) is 45.2 Å². The predicted molar refractivity (Wildman–Crippen MR) is 104 cm³/mol. The van der Waals surface area contributed by atoms with E-state index in [-0.39, 0.29) is 23.7 Å². The van der Waals surface area contributed by atoms with Crippen LogP contribution in [0.25, 0.3) is 10.9 Å². The summed E-state index contributed by atoms with van der Waals surface area (Å²) in [6.45, 7) is 4.61. The first kappa shape index (κ1) is 17.2. The first-order valence-corrected chi connectivity index (χ1v) is 9.95. The largest absolute Gasteiger partial charge is 0.360 e. The summed E-state index contributed by atoms with van der Waals surface area (Å²) in [6.07, 6.45) is 8.51. The predicted octanol–water partition coefficient (Wildman–Crippen LogP) is 2.64. The lowest BCUT2D eigenvalue weighted by Gasteiger charge is -2.28. The molecule has 0 spiro atoms. The molecule has 2 unspecified atom stereocenters. The van der Waals surface area contributed by atoms with Crippen molar-refractivity contribution in [1.29, 1.82) is 0 Å². The number of likely N-dealkylation sites (tertiary alicyclic amines) is 1. The number of pyridine rings is 1. The molecule has 8 nitrogen and oxygen atoms in total. The van der Waals surface area contributed by atoms with Crippen LogP contribution in [0.1, 0.15) is 61.4 Å². The molecule has 3 aromatic heterocycles. The molecule has 1 aliphatic heterocycles. The molecule has 0 radical (unpaired) electrons. The lowest BCUT2D eigenvalue weighted by atomic mass is 9.94. The summed E-state index contributed by atoms with van der Waals surface area (Å²) in [5.74, 6) is 1.58. The number of nitrogens with zero attached hydrogens (tertiary/aromatic N) is 4. The Bertz CT molecular complexity index is 1090. The van der Waals surface area contributed by atoms with Gasteiger partial charge in [-0.2, -0.15) is 5.10 Å². The average Bonchev–Trinajstić information content (AvgIpc) is 3.09. The highest BCUT2D eigenvalue weighted by molar-refractivity contribution is 6.06. The molecule has 5 rings (SSSR count). The first-order valence-electron chi connectivity index (χ1n) is 9.95. The van der Waals surface area contributed by atoms with E-state index in [1.54, 1.807) is 17.0 Å². The smallest absolute Gasteiger partial charge is 0.343 e. The molecule has 1 saturated heterocycles. The summed E-state index contributed by atoms with van der Waals surface area (Å²) in [7, 11) is 0. The lowest BCUT2D eigenvalue weighted by Crippen LogP contribution is -2.35. The number of aromatic amines is 2. The highest BCUT2D eigenvalue weighted by atomic mass is 16.2. The van der Waals surface area contributed by atoms with Crippen molar-refractivity contribution >= 4 is 16.8 Å². The summed E-state index contributed by atoms with van der Waals surface area (Å²) in [6, 6.07) is 1.70. The van der Waals surface area contributed by atoms with Crippen LogP contribution in [0, 0.1) is 11.8 Å². The minimum absolute atomic E-state index is 0.0200. The molecular formula is C20H24N6O2. The maximum atomic E-state index is 13.6. The highest BCUT2D eigenvalue weighted by Crippen LogP contribution is 2.50. The number of hydrogen-bond donors (Lipinski definition) is 2.